The molecular weight excluding hydrogens is 462 g/mol. The first kappa shape index (κ1) is 24.8. The van der Waals surface area contributed by atoms with Gasteiger partial charge in [0.15, 0.2) is 17.6 Å². The minimum atomic E-state index is -0.638. The van der Waals surface area contributed by atoms with Gasteiger partial charge in [0.05, 0.1) is 26.3 Å². The van der Waals surface area contributed by atoms with Crippen molar-refractivity contribution < 1.29 is 23.7 Å². The predicted molar refractivity (Wildman–Crippen MR) is 134 cm³/mol. The van der Waals surface area contributed by atoms with Crippen LogP contribution in [0, 0.1) is 13.8 Å². The third-order valence-corrected chi connectivity index (χ3v) is 5.70. The van der Waals surface area contributed by atoms with Gasteiger partial charge < -0.3 is 24.3 Å². The van der Waals surface area contributed by atoms with E-state index in [1.54, 1.807) is 43.9 Å². The summed E-state index contributed by atoms with van der Waals surface area (Å²) in [6, 6.07) is 14.6. The number of amides is 1. The summed E-state index contributed by atoms with van der Waals surface area (Å²) in [6.45, 7) is 6.26. The van der Waals surface area contributed by atoms with Gasteiger partial charge in [0.1, 0.15) is 23.9 Å². The van der Waals surface area contributed by atoms with E-state index in [0.29, 0.717) is 46.7 Å². The summed E-state index contributed by atoms with van der Waals surface area (Å²) in [5, 5.41) is 15.7. The molecule has 10 heteroatoms. The van der Waals surface area contributed by atoms with Crippen LogP contribution in [0.5, 0.6) is 23.1 Å². The van der Waals surface area contributed by atoms with Crippen molar-refractivity contribution in [1.29, 1.82) is 0 Å². The Morgan fingerprint density at radius 2 is 1.78 bits per heavy atom. The van der Waals surface area contributed by atoms with Crippen molar-refractivity contribution in [2.45, 2.75) is 26.9 Å². The minimum Gasteiger partial charge on any atom is -0.497 e. The first-order valence-corrected chi connectivity index (χ1v) is 11.5. The SMILES string of the molecule is COc1ccc(-c2nnc3ccc(OCCNC(=O)C(C)Oc4ccc(C)c(C)c4)nn23)c(OC)c1. The molecule has 1 amide bonds. The van der Waals surface area contributed by atoms with Gasteiger partial charge in [0, 0.05) is 12.1 Å². The topological polar surface area (TPSA) is 109 Å². The van der Waals surface area contributed by atoms with Gasteiger partial charge in [0.2, 0.25) is 5.88 Å². The van der Waals surface area contributed by atoms with E-state index in [1.807, 2.05) is 44.2 Å². The molecule has 36 heavy (non-hydrogen) atoms. The maximum Gasteiger partial charge on any atom is 0.260 e. The summed E-state index contributed by atoms with van der Waals surface area (Å²) in [7, 11) is 3.17. The summed E-state index contributed by atoms with van der Waals surface area (Å²) >= 11 is 0. The van der Waals surface area contributed by atoms with Gasteiger partial charge >= 0.3 is 0 Å². The Morgan fingerprint density at radius 1 is 0.972 bits per heavy atom. The zero-order valence-electron chi connectivity index (χ0n) is 20.9. The van der Waals surface area contributed by atoms with Crippen molar-refractivity contribution in [3.05, 3.63) is 59.7 Å². The minimum absolute atomic E-state index is 0.226. The molecule has 1 N–H and O–H groups in total. The Balaban J connectivity index is 1.36. The number of ether oxygens (including phenoxy) is 4. The van der Waals surface area contributed by atoms with Crippen LogP contribution in [0.1, 0.15) is 18.1 Å². The summed E-state index contributed by atoms with van der Waals surface area (Å²) in [5.74, 6) is 2.54. The summed E-state index contributed by atoms with van der Waals surface area (Å²) in [6.07, 6.45) is -0.638. The van der Waals surface area contributed by atoms with Gasteiger partial charge in [-0.05, 0) is 62.2 Å². The van der Waals surface area contributed by atoms with Crippen LogP contribution in [0.4, 0.5) is 0 Å². The number of fused-ring (bicyclic) bond motifs is 1. The number of aryl methyl sites for hydroxylation is 2. The number of methoxy groups -OCH3 is 2. The number of aromatic nitrogens is 4. The van der Waals surface area contributed by atoms with E-state index in [2.05, 4.69) is 20.6 Å². The highest BCUT2D eigenvalue weighted by Gasteiger charge is 2.17. The Labute approximate surface area is 209 Å². The van der Waals surface area contributed by atoms with Crippen molar-refractivity contribution in [2.75, 3.05) is 27.4 Å². The second kappa shape index (κ2) is 10.9. The number of hydrogen-bond acceptors (Lipinski definition) is 8. The first-order chi connectivity index (χ1) is 17.4. The fourth-order valence-electron chi connectivity index (χ4n) is 3.52. The standard InChI is InChI=1S/C26H29N5O5/c1-16-6-7-20(14-17(16)2)36-18(3)26(32)27-12-13-35-24-11-10-23-28-29-25(31(23)30-24)21-9-8-19(33-4)15-22(21)34-5/h6-11,14-15,18H,12-13H2,1-5H3,(H,27,32). The number of rotatable bonds is 10. The molecule has 0 aliphatic carbocycles. The molecule has 0 aliphatic heterocycles. The molecule has 0 saturated carbocycles. The van der Waals surface area contributed by atoms with E-state index in [4.69, 9.17) is 18.9 Å². The number of carbonyl (C=O) groups is 1. The number of hydrogen-bond donors (Lipinski definition) is 1. The zero-order valence-corrected chi connectivity index (χ0v) is 20.9. The van der Waals surface area contributed by atoms with Gasteiger partial charge in [-0.1, -0.05) is 6.07 Å². The van der Waals surface area contributed by atoms with Crippen LogP contribution in [0.3, 0.4) is 0 Å². The molecule has 1 atom stereocenters. The lowest BCUT2D eigenvalue weighted by atomic mass is 10.1. The second-order valence-corrected chi connectivity index (χ2v) is 8.18. The lowest BCUT2D eigenvalue weighted by molar-refractivity contribution is -0.127. The van der Waals surface area contributed by atoms with Crippen LogP contribution >= 0.6 is 0 Å². The van der Waals surface area contributed by atoms with Gasteiger partial charge in [0.25, 0.3) is 5.91 Å². The van der Waals surface area contributed by atoms with Crippen LogP contribution in [-0.4, -0.2) is 59.2 Å². The molecule has 2 aromatic carbocycles. The average Bonchev–Trinajstić information content (AvgIpc) is 3.31. The summed E-state index contributed by atoms with van der Waals surface area (Å²) in [5.41, 5.74) is 3.55. The molecular formula is C26H29N5O5. The molecule has 4 aromatic rings. The average molecular weight is 492 g/mol. The molecule has 2 heterocycles. The molecule has 0 aliphatic rings. The molecule has 0 bridgehead atoms. The number of benzene rings is 2. The predicted octanol–water partition coefficient (Wildman–Crippen LogP) is 3.39. The van der Waals surface area contributed by atoms with Crippen LogP contribution in [0.15, 0.2) is 48.5 Å². The maximum atomic E-state index is 12.4. The van der Waals surface area contributed by atoms with E-state index in [0.717, 1.165) is 5.56 Å². The van der Waals surface area contributed by atoms with Crippen LogP contribution in [-0.2, 0) is 4.79 Å². The second-order valence-electron chi connectivity index (χ2n) is 8.18. The molecule has 2 aromatic heterocycles. The first-order valence-electron chi connectivity index (χ1n) is 11.5. The summed E-state index contributed by atoms with van der Waals surface area (Å²) in [4.78, 5) is 12.4. The van der Waals surface area contributed by atoms with E-state index in [9.17, 15) is 4.79 Å². The number of nitrogens with zero attached hydrogens (tertiary/aromatic N) is 4. The van der Waals surface area contributed by atoms with Crippen LogP contribution in [0.2, 0.25) is 0 Å². The number of carbonyl (C=O) groups excluding carboxylic acids is 1. The Morgan fingerprint density at radius 3 is 2.53 bits per heavy atom. The molecule has 1 unspecified atom stereocenters. The van der Waals surface area contributed by atoms with E-state index in [-0.39, 0.29) is 12.5 Å². The fourth-order valence-corrected chi connectivity index (χ4v) is 3.52. The van der Waals surface area contributed by atoms with Gasteiger partial charge in [-0.25, -0.2) is 0 Å². The normalized spacial score (nSPS) is 11.7. The molecule has 10 nitrogen and oxygen atoms in total. The van der Waals surface area contributed by atoms with Crippen LogP contribution < -0.4 is 24.3 Å². The molecule has 0 radical (unpaired) electrons. The van der Waals surface area contributed by atoms with E-state index < -0.39 is 6.10 Å². The van der Waals surface area contributed by atoms with E-state index >= 15 is 0 Å². The summed E-state index contributed by atoms with van der Waals surface area (Å²) < 4.78 is 23.8. The lowest BCUT2D eigenvalue weighted by Crippen LogP contribution is -2.38. The van der Waals surface area contributed by atoms with Crippen molar-refractivity contribution in [2.24, 2.45) is 0 Å². The van der Waals surface area contributed by atoms with Crippen molar-refractivity contribution in [3.8, 4) is 34.5 Å². The van der Waals surface area contributed by atoms with Crippen LogP contribution in [0.25, 0.3) is 17.0 Å². The highest BCUT2D eigenvalue weighted by atomic mass is 16.5. The van der Waals surface area contributed by atoms with Gasteiger partial charge in [-0.2, -0.15) is 4.52 Å². The van der Waals surface area contributed by atoms with Crippen molar-refractivity contribution in [1.82, 2.24) is 25.1 Å². The maximum absolute atomic E-state index is 12.4. The molecule has 0 spiro atoms. The smallest absolute Gasteiger partial charge is 0.260 e. The molecule has 188 valence electrons. The quantitative estimate of drug-likeness (QED) is 0.336. The third kappa shape index (κ3) is 5.48. The van der Waals surface area contributed by atoms with Crippen molar-refractivity contribution in [3.63, 3.8) is 0 Å². The van der Waals surface area contributed by atoms with Crippen molar-refractivity contribution >= 4 is 11.6 Å². The highest BCUT2D eigenvalue weighted by molar-refractivity contribution is 5.80. The third-order valence-electron chi connectivity index (χ3n) is 5.70. The Kier molecular flexibility index (Phi) is 7.53. The van der Waals surface area contributed by atoms with E-state index in [1.165, 1.54) is 5.56 Å². The lowest BCUT2D eigenvalue weighted by Gasteiger charge is -2.15. The highest BCUT2D eigenvalue weighted by Crippen LogP contribution is 2.32. The molecule has 4 rings (SSSR count). The van der Waals surface area contributed by atoms with Gasteiger partial charge in [-0.3, -0.25) is 4.79 Å². The number of nitrogens with one attached hydrogen (secondary N) is 1. The fraction of sp³-hybridized carbons (Fsp3) is 0.308. The Hall–Kier alpha value is -4.34. The monoisotopic (exact) mass is 491 g/mol. The molecule has 0 saturated heterocycles. The molecule has 0 fully saturated rings. The zero-order chi connectivity index (χ0) is 25.7. The van der Waals surface area contributed by atoms with Gasteiger partial charge in [-0.15, -0.1) is 15.3 Å². The Bertz CT molecular complexity index is 1370. The largest absolute Gasteiger partial charge is 0.497 e.